The zero-order valence-electron chi connectivity index (χ0n) is 8.30. The second-order valence-corrected chi connectivity index (χ2v) is 4.64. The topological polar surface area (TPSA) is 63.6 Å². The molecule has 2 aromatic rings. The van der Waals surface area contributed by atoms with Crippen molar-refractivity contribution in [3.63, 3.8) is 0 Å². The van der Waals surface area contributed by atoms with E-state index >= 15 is 0 Å². The molecule has 2 heterocycles. The first-order valence-electron chi connectivity index (χ1n) is 4.70. The van der Waals surface area contributed by atoms with Crippen LogP contribution in [0, 0.1) is 0 Å². The molecule has 0 aliphatic heterocycles. The minimum Gasteiger partial charge on any atom is -0.310 e. The van der Waals surface area contributed by atoms with Crippen molar-refractivity contribution in [1.82, 2.24) is 25.1 Å². The van der Waals surface area contributed by atoms with E-state index in [9.17, 15) is 0 Å². The summed E-state index contributed by atoms with van der Waals surface area (Å²) in [5.41, 5.74) is 0.819. The average molecular weight is 241 g/mol. The number of rotatable bonds is 5. The maximum atomic E-state index is 4.09. The molecule has 15 heavy (non-hydrogen) atoms. The van der Waals surface area contributed by atoms with Crippen molar-refractivity contribution in [2.75, 3.05) is 6.54 Å². The smallest absolute Gasteiger partial charge is 0.169 e. The Kier molecular flexibility index (Phi) is 3.70. The van der Waals surface area contributed by atoms with Gasteiger partial charge in [-0.25, -0.2) is 0 Å². The Morgan fingerprint density at radius 2 is 2.27 bits per heavy atom. The van der Waals surface area contributed by atoms with Gasteiger partial charge in [0.15, 0.2) is 5.01 Å². The van der Waals surface area contributed by atoms with Gasteiger partial charge in [0.25, 0.3) is 0 Å². The zero-order valence-corrected chi connectivity index (χ0v) is 9.94. The second-order valence-electron chi connectivity index (χ2n) is 2.97. The predicted octanol–water partition coefficient (Wildman–Crippen LogP) is 1.56. The van der Waals surface area contributed by atoms with Crippen LogP contribution in [-0.2, 0) is 6.54 Å². The van der Waals surface area contributed by atoms with Crippen LogP contribution in [0.15, 0.2) is 5.38 Å². The average Bonchev–Trinajstić information content (AvgIpc) is 2.87. The Morgan fingerprint density at radius 1 is 1.33 bits per heavy atom. The van der Waals surface area contributed by atoms with Crippen molar-refractivity contribution < 1.29 is 0 Å². The van der Waals surface area contributed by atoms with Gasteiger partial charge in [0, 0.05) is 11.9 Å². The fourth-order valence-electron chi connectivity index (χ4n) is 1.06. The molecule has 5 nitrogen and oxygen atoms in total. The molecule has 0 saturated heterocycles. The highest BCUT2D eigenvalue weighted by molar-refractivity contribution is 7.14. The van der Waals surface area contributed by atoms with Gasteiger partial charge in [0.1, 0.15) is 10.7 Å². The SMILES string of the molecule is CCCNCc1nnc(-c2csnn2)s1. The molecule has 2 rings (SSSR count). The van der Waals surface area contributed by atoms with Crippen molar-refractivity contribution >= 4 is 22.9 Å². The summed E-state index contributed by atoms with van der Waals surface area (Å²) in [6, 6.07) is 0. The molecule has 0 saturated carbocycles. The van der Waals surface area contributed by atoms with Crippen LogP contribution in [0.1, 0.15) is 18.4 Å². The number of hydrogen-bond donors (Lipinski definition) is 1. The first kappa shape index (κ1) is 10.6. The van der Waals surface area contributed by atoms with Crippen molar-refractivity contribution in [1.29, 1.82) is 0 Å². The Labute approximate surface area is 95.7 Å². The second kappa shape index (κ2) is 5.24. The molecule has 0 aliphatic rings. The Balaban J connectivity index is 1.98. The summed E-state index contributed by atoms with van der Waals surface area (Å²) < 4.78 is 3.80. The van der Waals surface area contributed by atoms with Crippen LogP contribution in [-0.4, -0.2) is 26.3 Å². The van der Waals surface area contributed by atoms with E-state index < -0.39 is 0 Å². The minimum absolute atomic E-state index is 0.781. The van der Waals surface area contributed by atoms with Crippen LogP contribution in [0.25, 0.3) is 10.7 Å². The lowest BCUT2D eigenvalue weighted by atomic mass is 10.5. The lowest BCUT2D eigenvalue weighted by Crippen LogP contribution is -2.13. The highest BCUT2D eigenvalue weighted by Crippen LogP contribution is 2.21. The molecule has 7 heteroatoms. The molecule has 80 valence electrons. The molecule has 0 atom stereocenters. The van der Waals surface area contributed by atoms with Crippen molar-refractivity contribution in [2.24, 2.45) is 0 Å². The highest BCUT2D eigenvalue weighted by Gasteiger charge is 2.08. The van der Waals surface area contributed by atoms with E-state index in [1.54, 1.807) is 11.3 Å². The van der Waals surface area contributed by atoms with Crippen LogP contribution in [0.5, 0.6) is 0 Å². The molecule has 0 fully saturated rings. The van der Waals surface area contributed by atoms with E-state index in [1.807, 2.05) is 5.38 Å². The molecule has 1 N–H and O–H groups in total. The van der Waals surface area contributed by atoms with E-state index in [0.717, 1.165) is 35.2 Å². The van der Waals surface area contributed by atoms with Gasteiger partial charge in [-0.3, -0.25) is 0 Å². The van der Waals surface area contributed by atoms with Crippen LogP contribution in [0.4, 0.5) is 0 Å². The van der Waals surface area contributed by atoms with Gasteiger partial charge in [-0.15, -0.1) is 15.3 Å². The van der Waals surface area contributed by atoms with Crippen LogP contribution in [0.3, 0.4) is 0 Å². The Bertz CT molecular complexity index is 397. The van der Waals surface area contributed by atoms with Gasteiger partial charge in [-0.2, -0.15) is 0 Å². The quantitative estimate of drug-likeness (QED) is 0.805. The number of nitrogens with one attached hydrogen (secondary N) is 1. The third-order valence-electron chi connectivity index (χ3n) is 1.75. The predicted molar refractivity (Wildman–Crippen MR) is 60.8 cm³/mol. The van der Waals surface area contributed by atoms with Crippen LogP contribution < -0.4 is 5.32 Å². The highest BCUT2D eigenvalue weighted by atomic mass is 32.1. The number of nitrogens with zero attached hydrogens (tertiary/aromatic N) is 4. The van der Waals surface area contributed by atoms with Gasteiger partial charge >= 0.3 is 0 Å². The molecule has 2 aromatic heterocycles. The zero-order chi connectivity index (χ0) is 10.5. The minimum atomic E-state index is 0.781. The van der Waals surface area contributed by atoms with Crippen molar-refractivity contribution in [3.8, 4) is 10.7 Å². The van der Waals surface area contributed by atoms with E-state index in [2.05, 4.69) is 32.0 Å². The van der Waals surface area contributed by atoms with Gasteiger partial charge in [0.05, 0.1) is 0 Å². The van der Waals surface area contributed by atoms with Gasteiger partial charge < -0.3 is 5.32 Å². The molecule has 0 unspecified atom stereocenters. The summed E-state index contributed by atoms with van der Waals surface area (Å²) in [4.78, 5) is 0. The van der Waals surface area contributed by atoms with Crippen molar-refractivity contribution in [2.45, 2.75) is 19.9 Å². The molecular weight excluding hydrogens is 230 g/mol. The maximum absolute atomic E-state index is 4.09. The molecule has 0 amide bonds. The Morgan fingerprint density at radius 3 is 3.00 bits per heavy atom. The summed E-state index contributed by atoms with van der Waals surface area (Å²) in [5.74, 6) is 0. The maximum Gasteiger partial charge on any atom is 0.169 e. The lowest BCUT2D eigenvalue weighted by molar-refractivity contribution is 0.668. The largest absolute Gasteiger partial charge is 0.310 e. The van der Waals surface area contributed by atoms with Crippen LogP contribution in [0.2, 0.25) is 0 Å². The first-order valence-corrected chi connectivity index (χ1v) is 6.36. The fourth-order valence-corrected chi connectivity index (χ4v) is 2.34. The van der Waals surface area contributed by atoms with E-state index in [0.29, 0.717) is 0 Å². The van der Waals surface area contributed by atoms with E-state index in [4.69, 9.17) is 0 Å². The normalized spacial score (nSPS) is 10.7. The lowest BCUT2D eigenvalue weighted by Gasteiger charge is -1.96. The molecule has 0 bridgehead atoms. The molecular formula is C8H11N5S2. The van der Waals surface area contributed by atoms with Gasteiger partial charge in [-0.05, 0) is 24.5 Å². The summed E-state index contributed by atoms with van der Waals surface area (Å²) in [7, 11) is 0. The summed E-state index contributed by atoms with van der Waals surface area (Å²) >= 11 is 2.89. The van der Waals surface area contributed by atoms with E-state index in [1.165, 1.54) is 11.5 Å². The monoisotopic (exact) mass is 241 g/mol. The molecule has 0 aromatic carbocycles. The standard InChI is InChI=1S/C8H11N5S2/c1-2-3-9-4-7-11-12-8(15-7)6-5-14-13-10-6/h5,9H,2-4H2,1H3. The molecule has 0 spiro atoms. The molecule has 0 radical (unpaired) electrons. The van der Waals surface area contributed by atoms with Gasteiger partial charge in [-0.1, -0.05) is 22.7 Å². The van der Waals surface area contributed by atoms with Crippen molar-refractivity contribution in [3.05, 3.63) is 10.4 Å². The molecule has 0 aliphatic carbocycles. The number of aromatic nitrogens is 4. The third-order valence-corrected chi connectivity index (χ3v) is 3.20. The van der Waals surface area contributed by atoms with Crippen LogP contribution >= 0.6 is 22.9 Å². The first-order chi connectivity index (χ1) is 7.40. The van der Waals surface area contributed by atoms with Gasteiger partial charge in [0.2, 0.25) is 0 Å². The fraction of sp³-hybridized carbons (Fsp3) is 0.500. The summed E-state index contributed by atoms with van der Waals surface area (Å²) in [6.07, 6.45) is 1.13. The summed E-state index contributed by atoms with van der Waals surface area (Å²) in [6.45, 7) is 3.93. The van der Waals surface area contributed by atoms with E-state index in [-0.39, 0.29) is 0 Å². The summed E-state index contributed by atoms with van der Waals surface area (Å²) in [5, 5.41) is 19.1. The Hall–Kier alpha value is -0.920. The number of hydrogen-bond acceptors (Lipinski definition) is 7. The third kappa shape index (κ3) is 2.77.